The lowest BCUT2D eigenvalue weighted by molar-refractivity contribution is -0.384. The topological polar surface area (TPSA) is 153 Å². The number of nitrogens with one attached hydrogen (secondary N) is 2. The molecular weight excluding hydrogens is 422 g/mol. The third-order valence-corrected chi connectivity index (χ3v) is 6.25. The summed E-state index contributed by atoms with van der Waals surface area (Å²) in [6.45, 7) is 1.04. The number of halogens is 1. The smallest absolute Gasteiger partial charge is 0.280 e. The Morgan fingerprint density at radius 3 is 2.04 bits per heavy atom. The van der Waals surface area contributed by atoms with Crippen molar-refractivity contribution in [1.82, 2.24) is 4.72 Å². The highest BCUT2D eigenvalue weighted by molar-refractivity contribution is 7.92. The van der Waals surface area contributed by atoms with E-state index in [4.69, 9.17) is 11.6 Å². The summed E-state index contributed by atoms with van der Waals surface area (Å²) >= 11 is 5.71. The molecule has 0 unspecified atom stereocenters. The Morgan fingerprint density at radius 1 is 1.00 bits per heavy atom. The molecule has 27 heavy (non-hydrogen) atoms. The molecule has 0 spiro atoms. The highest BCUT2D eigenvalue weighted by atomic mass is 35.5. The molecule has 2 N–H and O–H groups in total. The summed E-state index contributed by atoms with van der Waals surface area (Å²) in [7, 11) is -8.17. The van der Waals surface area contributed by atoms with E-state index in [1.54, 1.807) is 4.72 Å². The second kappa shape index (κ2) is 7.50. The summed E-state index contributed by atoms with van der Waals surface area (Å²) in [6.07, 6.45) is 0. The van der Waals surface area contributed by atoms with Gasteiger partial charge < -0.3 is 0 Å². The van der Waals surface area contributed by atoms with Crippen molar-refractivity contribution in [3.8, 4) is 0 Å². The average Bonchev–Trinajstić information content (AvgIpc) is 2.53. The van der Waals surface area contributed by atoms with Gasteiger partial charge in [0.05, 0.1) is 14.7 Å². The van der Waals surface area contributed by atoms with Gasteiger partial charge in [-0.15, -0.1) is 0 Å². The molecule has 1 amide bonds. The number of nitro groups is 1. The van der Waals surface area contributed by atoms with Crippen molar-refractivity contribution in [2.75, 3.05) is 4.72 Å². The van der Waals surface area contributed by atoms with Crippen LogP contribution in [0.5, 0.6) is 0 Å². The van der Waals surface area contributed by atoms with Gasteiger partial charge in [-0.1, -0.05) is 11.6 Å². The highest BCUT2D eigenvalue weighted by Gasteiger charge is 2.20. The van der Waals surface area contributed by atoms with E-state index in [2.05, 4.69) is 4.72 Å². The van der Waals surface area contributed by atoms with E-state index in [9.17, 15) is 31.7 Å². The first kappa shape index (κ1) is 20.6. The van der Waals surface area contributed by atoms with E-state index >= 15 is 0 Å². The molecule has 2 aromatic carbocycles. The molecule has 0 saturated heterocycles. The molecule has 0 atom stereocenters. The molecule has 0 bridgehead atoms. The molecule has 13 heteroatoms. The molecule has 144 valence electrons. The first-order valence-electron chi connectivity index (χ1n) is 7.02. The van der Waals surface area contributed by atoms with E-state index in [1.807, 2.05) is 0 Å². The Morgan fingerprint density at radius 2 is 1.56 bits per heavy atom. The second-order valence-electron chi connectivity index (χ2n) is 5.16. The molecule has 0 heterocycles. The Balaban J connectivity index is 2.27. The van der Waals surface area contributed by atoms with Crippen molar-refractivity contribution in [2.24, 2.45) is 0 Å². The summed E-state index contributed by atoms with van der Waals surface area (Å²) in [5.41, 5.74) is -0.408. The molecular formula is C14H12ClN3O7S2. The van der Waals surface area contributed by atoms with Gasteiger partial charge in [0.25, 0.3) is 25.7 Å². The number of amides is 1. The molecule has 0 aromatic heterocycles. The van der Waals surface area contributed by atoms with Crippen LogP contribution in [0.25, 0.3) is 0 Å². The fourth-order valence-electron chi connectivity index (χ4n) is 1.97. The number of sulfonamides is 2. The Bertz CT molecular complexity index is 1110. The second-order valence-corrected chi connectivity index (χ2v) is 8.93. The lowest BCUT2D eigenvalue weighted by atomic mass is 10.3. The van der Waals surface area contributed by atoms with Crippen LogP contribution in [0.4, 0.5) is 11.4 Å². The summed E-state index contributed by atoms with van der Waals surface area (Å²) in [4.78, 5) is 20.3. The van der Waals surface area contributed by atoms with Gasteiger partial charge in [0.1, 0.15) is 5.02 Å². The molecule has 0 saturated carbocycles. The van der Waals surface area contributed by atoms with Gasteiger partial charge in [-0.3, -0.25) is 19.6 Å². The monoisotopic (exact) mass is 433 g/mol. The molecule has 0 fully saturated rings. The van der Waals surface area contributed by atoms with Crippen molar-refractivity contribution in [1.29, 1.82) is 0 Å². The van der Waals surface area contributed by atoms with Gasteiger partial charge in [0, 0.05) is 18.7 Å². The average molecular weight is 434 g/mol. The lowest BCUT2D eigenvalue weighted by Gasteiger charge is -2.10. The van der Waals surface area contributed by atoms with E-state index in [-0.39, 0.29) is 20.5 Å². The first-order valence-corrected chi connectivity index (χ1v) is 10.4. The summed E-state index contributed by atoms with van der Waals surface area (Å²) < 4.78 is 52.4. The van der Waals surface area contributed by atoms with E-state index < -0.39 is 36.6 Å². The van der Waals surface area contributed by atoms with Crippen LogP contribution >= 0.6 is 11.6 Å². The SMILES string of the molecule is CC(=O)NS(=O)(=O)c1ccc(NS(=O)(=O)c2ccc([N+](=O)[O-])c(Cl)c2)cc1. The van der Waals surface area contributed by atoms with E-state index in [0.29, 0.717) is 0 Å². The van der Waals surface area contributed by atoms with Crippen LogP contribution < -0.4 is 9.44 Å². The summed E-state index contributed by atoms with van der Waals surface area (Å²) in [6, 6.07) is 7.47. The maximum atomic E-state index is 12.3. The number of nitrogens with zero attached hydrogens (tertiary/aromatic N) is 1. The molecule has 0 radical (unpaired) electrons. The molecule has 2 aromatic rings. The third-order valence-electron chi connectivity index (χ3n) is 3.12. The number of hydrogen-bond donors (Lipinski definition) is 2. The predicted molar refractivity (Wildman–Crippen MR) is 96.4 cm³/mol. The van der Waals surface area contributed by atoms with Crippen LogP contribution in [-0.2, 0) is 24.8 Å². The van der Waals surface area contributed by atoms with Crippen molar-refractivity contribution in [2.45, 2.75) is 16.7 Å². The number of carbonyl (C=O) groups excluding carboxylic acids is 1. The van der Waals surface area contributed by atoms with Crippen molar-refractivity contribution in [3.63, 3.8) is 0 Å². The standard InChI is InChI=1S/C14H12ClN3O7S2/c1-9(19)16-26(22,23)11-4-2-10(3-5-11)17-27(24,25)12-6-7-14(18(20)21)13(15)8-12/h2-8,17H,1H3,(H,16,19). The normalized spacial score (nSPS) is 11.6. The van der Waals surface area contributed by atoms with Crippen molar-refractivity contribution in [3.05, 3.63) is 57.6 Å². The van der Waals surface area contributed by atoms with Crippen LogP contribution in [0.3, 0.4) is 0 Å². The lowest BCUT2D eigenvalue weighted by Crippen LogP contribution is -2.28. The van der Waals surface area contributed by atoms with Crippen LogP contribution in [0, 0.1) is 10.1 Å². The fraction of sp³-hybridized carbons (Fsp3) is 0.0714. The zero-order valence-electron chi connectivity index (χ0n) is 13.5. The Hall–Kier alpha value is -2.70. The maximum absolute atomic E-state index is 12.3. The molecule has 2 rings (SSSR count). The summed E-state index contributed by atoms with van der Waals surface area (Å²) in [5, 5.41) is 10.4. The van der Waals surface area contributed by atoms with Gasteiger partial charge >= 0.3 is 0 Å². The largest absolute Gasteiger partial charge is 0.287 e. The third kappa shape index (κ3) is 4.93. The first-order chi connectivity index (χ1) is 12.4. The predicted octanol–water partition coefficient (Wildman–Crippen LogP) is 1.87. The number of anilines is 1. The quantitative estimate of drug-likeness (QED) is 0.520. The van der Waals surface area contributed by atoms with E-state index in [1.165, 1.54) is 12.1 Å². The van der Waals surface area contributed by atoms with Gasteiger partial charge in [0.2, 0.25) is 5.91 Å². The minimum Gasteiger partial charge on any atom is -0.280 e. The zero-order valence-corrected chi connectivity index (χ0v) is 15.9. The molecule has 0 aliphatic heterocycles. The van der Waals surface area contributed by atoms with Gasteiger partial charge in [-0.2, -0.15) is 0 Å². The van der Waals surface area contributed by atoms with Crippen LogP contribution in [0.1, 0.15) is 6.92 Å². The number of nitro benzene ring substituents is 1. The maximum Gasteiger partial charge on any atom is 0.287 e. The van der Waals surface area contributed by atoms with Gasteiger partial charge in [0.15, 0.2) is 0 Å². The number of benzene rings is 2. The highest BCUT2D eigenvalue weighted by Crippen LogP contribution is 2.28. The fourth-order valence-corrected chi connectivity index (χ4v) is 4.36. The molecule has 0 aliphatic carbocycles. The number of carbonyl (C=O) groups is 1. The zero-order chi connectivity index (χ0) is 20.4. The molecule has 0 aliphatic rings. The minimum atomic E-state index is -4.12. The minimum absolute atomic E-state index is 0.0336. The number of rotatable bonds is 6. The van der Waals surface area contributed by atoms with Crippen molar-refractivity contribution >= 4 is 48.9 Å². The van der Waals surface area contributed by atoms with Crippen LogP contribution in [0.15, 0.2) is 52.3 Å². The Kier molecular flexibility index (Phi) is 5.73. The number of hydrogen-bond acceptors (Lipinski definition) is 7. The van der Waals surface area contributed by atoms with Crippen LogP contribution in [0.2, 0.25) is 5.02 Å². The van der Waals surface area contributed by atoms with Crippen LogP contribution in [-0.4, -0.2) is 27.7 Å². The van der Waals surface area contributed by atoms with Gasteiger partial charge in [-0.05, 0) is 36.4 Å². The van der Waals surface area contributed by atoms with Crippen molar-refractivity contribution < 1.29 is 26.6 Å². The summed E-state index contributed by atoms with van der Waals surface area (Å²) in [5.74, 6) is -0.769. The molecule has 10 nitrogen and oxygen atoms in total. The Labute approximate surface area is 159 Å². The van der Waals surface area contributed by atoms with Gasteiger partial charge in [-0.25, -0.2) is 21.6 Å². The van der Waals surface area contributed by atoms with E-state index in [0.717, 1.165) is 37.3 Å².